The molecule has 0 aliphatic rings. The number of hydrogen-bond donors (Lipinski definition) is 0. The van der Waals surface area contributed by atoms with Gasteiger partial charge in [0.05, 0.1) is 0 Å². The van der Waals surface area contributed by atoms with Crippen LogP contribution in [0, 0.1) is 0 Å². The van der Waals surface area contributed by atoms with E-state index in [1.54, 1.807) is 0 Å². The van der Waals surface area contributed by atoms with Crippen LogP contribution >= 0.6 is 0 Å². The van der Waals surface area contributed by atoms with Crippen molar-refractivity contribution in [3.63, 3.8) is 0 Å². The van der Waals surface area contributed by atoms with Crippen LogP contribution in [-0.4, -0.2) is 43.2 Å². The van der Waals surface area contributed by atoms with E-state index in [0.29, 0.717) is 0 Å². The summed E-state index contributed by atoms with van der Waals surface area (Å²) in [4.78, 5) is 0. The fourth-order valence-electron chi connectivity index (χ4n) is 0. The second-order valence-electron chi connectivity index (χ2n) is 0.745. The summed E-state index contributed by atoms with van der Waals surface area (Å²) in [6.07, 6.45) is 0. The molecule has 6 nitrogen and oxygen atoms in total. The van der Waals surface area contributed by atoms with E-state index in [2.05, 4.69) is 0 Å². The van der Waals surface area contributed by atoms with Crippen LogP contribution in [0.5, 0.6) is 0 Å². The zero-order valence-electron chi connectivity index (χ0n) is 3.94. The molecule has 0 unspecified atom stereocenters. The molecule has 0 rings (SSSR count). The number of hydrogen-bond acceptors (Lipinski definition) is 6. The van der Waals surface area contributed by atoms with Gasteiger partial charge >= 0.3 is 68.7 Å². The standard InChI is InChI=1S/Ca.H2O.5O.V.H/h;1H2;;;;;;;/q+1;;;;;;;;/p-1. The molecule has 0 saturated heterocycles. The Morgan fingerprint density at radius 1 is 0.750 bits per heavy atom. The van der Waals surface area contributed by atoms with Crippen LogP contribution in [0.4, 0.5) is 0 Å². The van der Waals surface area contributed by atoms with Crippen molar-refractivity contribution >= 4 is 37.7 Å². The normalized spacial score (nSPS) is 7.50. The molecule has 0 aromatic rings. The summed E-state index contributed by atoms with van der Waals surface area (Å²) < 4.78 is 43.2. The van der Waals surface area contributed by atoms with E-state index >= 15 is 0 Å². The van der Waals surface area contributed by atoms with E-state index in [0.717, 1.165) is 0 Å². The molecule has 45 valence electrons. The summed E-state index contributed by atoms with van der Waals surface area (Å²) in [5, 5.41) is 0. The van der Waals surface area contributed by atoms with Gasteiger partial charge in [0.1, 0.15) is 0 Å². The minimum atomic E-state index is -7.74. The quantitative estimate of drug-likeness (QED) is 0.431. The summed E-state index contributed by atoms with van der Waals surface area (Å²) in [6.45, 7) is 0. The first-order valence-electron chi connectivity index (χ1n) is 0.913. The average molecular weight is 189 g/mol. The third kappa shape index (κ3) is 354. The van der Waals surface area contributed by atoms with Gasteiger partial charge < -0.3 is 5.48 Å². The van der Waals surface area contributed by atoms with Crippen molar-refractivity contribution in [2.45, 2.75) is 0 Å². The predicted octanol–water partition coefficient (Wildman–Crippen LogP) is -1.42. The van der Waals surface area contributed by atoms with E-state index in [-0.39, 0.29) is 43.2 Å². The molecule has 0 atom stereocenters. The van der Waals surface area contributed by atoms with Crippen molar-refractivity contribution in [3.8, 4) is 0 Å². The molecule has 0 aliphatic heterocycles. The van der Waals surface area contributed by atoms with Crippen LogP contribution in [-0.2, 0) is 31.0 Å². The predicted molar refractivity (Wildman–Crippen MR) is 12.5 cm³/mol. The molecule has 0 aromatic heterocycles. The van der Waals surface area contributed by atoms with Crippen molar-refractivity contribution in [1.29, 1.82) is 0 Å². The first-order chi connectivity index (χ1) is 2.24. The van der Waals surface area contributed by atoms with E-state index < -0.39 is 12.6 Å². The Morgan fingerprint density at radius 3 is 0.750 bits per heavy atom. The molecular formula is H2CaO6V. The Morgan fingerprint density at radius 2 is 0.750 bits per heavy atom. The van der Waals surface area contributed by atoms with Crippen LogP contribution in [0.25, 0.3) is 0 Å². The summed E-state index contributed by atoms with van der Waals surface area (Å²) in [7, 11) is 0. The first-order valence-corrected chi connectivity index (χ1v) is 3.76. The van der Waals surface area contributed by atoms with Gasteiger partial charge in [-0.25, -0.2) is 0 Å². The van der Waals surface area contributed by atoms with Crippen molar-refractivity contribution in [2.75, 3.05) is 0 Å². The molecule has 0 aromatic carbocycles. The molecule has 8 heavy (non-hydrogen) atoms. The molecule has 0 spiro atoms. The van der Waals surface area contributed by atoms with Crippen molar-refractivity contribution in [3.05, 3.63) is 0 Å². The Bertz CT molecular complexity index is 278. The van der Waals surface area contributed by atoms with Crippen LogP contribution in [0.15, 0.2) is 0 Å². The molecule has 8 heteroatoms. The van der Waals surface area contributed by atoms with Crippen molar-refractivity contribution < 1.29 is 36.5 Å². The summed E-state index contributed by atoms with van der Waals surface area (Å²) in [5.74, 6) is 0. The Labute approximate surface area is 73.4 Å². The topological polar surface area (TPSA) is 115 Å². The zero-order chi connectivity index (χ0) is 5.45. The first kappa shape index (κ1) is 15.9. The van der Waals surface area contributed by atoms with Crippen LogP contribution in [0.1, 0.15) is 0 Å². The summed E-state index contributed by atoms with van der Waals surface area (Å²) >= 11 is -7.74. The SMILES string of the molecule is [CaH+].[OH-].[O]=[V](=[O])(=[O])(=[O])=[O]. The van der Waals surface area contributed by atoms with Gasteiger partial charge in [0.2, 0.25) is 0 Å². The Kier molecular flexibility index (Phi) is 6.16. The van der Waals surface area contributed by atoms with Crippen molar-refractivity contribution in [2.24, 2.45) is 0 Å². The second-order valence-corrected chi connectivity index (χ2v) is 3.07. The molecule has 0 saturated carbocycles. The molecule has 0 amide bonds. The fourth-order valence-corrected chi connectivity index (χ4v) is 0. The van der Waals surface area contributed by atoms with E-state index in [4.69, 9.17) is 18.4 Å². The monoisotopic (exact) mass is 189 g/mol. The molecular weight excluding hydrogens is 187 g/mol. The van der Waals surface area contributed by atoms with Gasteiger partial charge in [-0.2, -0.15) is 0 Å². The van der Waals surface area contributed by atoms with E-state index in [1.807, 2.05) is 0 Å². The van der Waals surface area contributed by atoms with Gasteiger partial charge in [0.15, 0.2) is 0 Å². The van der Waals surface area contributed by atoms with Gasteiger partial charge in [0, 0.05) is 0 Å². The van der Waals surface area contributed by atoms with E-state index in [9.17, 15) is 0 Å². The maximum atomic E-state index is 8.64. The second kappa shape index (κ2) is 3.10. The summed E-state index contributed by atoms with van der Waals surface area (Å²) in [6, 6.07) is 0. The zero-order valence-corrected chi connectivity index (χ0v) is 8.46. The number of rotatable bonds is 0. The van der Waals surface area contributed by atoms with Crippen molar-refractivity contribution in [1.82, 2.24) is 0 Å². The minimum absolute atomic E-state index is 0. The van der Waals surface area contributed by atoms with E-state index in [1.165, 1.54) is 0 Å². The van der Waals surface area contributed by atoms with Gasteiger partial charge in [-0.05, 0) is 0 Å². The van der Waals surface area contributed by atoms with Crippen LogP contribution in [0.2, 0.25) is 0 Å². The van der Waals surface area contributed by atoms with Crippen LogP contribution in [0.3, 0.4) is 0 Å². The molecule has 0 bridgehead atoms. The van der Waals surface area contributed by atoms with Crippen LogP contribution < -0.4 is 0 Å². The average Bonchev–Trinajstić information content (AvgIpc) is 0.650. The molecule has 0 fully saturated rings. The third-order valence-electron chi connectivity index (χ3n) is 0. The fraction of sp³-hybridized carbons (Fsp3) is 0. The van der Waals surface area contributed by atoms with Gasteiger partial charge in [-0.1, -0.05) is 0 Å². The summed E-state index contributed by atoms with van der Waals surface area (Å²) in [5.41, 5.74) is 0. The molecule has 1 N–H and O–H groups in total. The Balaban J connectivity index is -0.000000125. The van der Waals surface area contributed by atoms with Gasteiger partial charge in [-0.15, -0.1) is 0 Å². The van der Waals surface area contributed by atoms with Gasteiger partial charge in [0.25, 0.3) is 0 Å². The third-order valence-corrected chi connectivity index (χ3v) is 0. The Hall–Kier alpha value is 0.804. The maximum absolute atomic E-state index is 8.64. The van der Waals surface area contributed by atoms with Gasteiger partial charge in [-0.3, -0.25) is 0 Å². The molecule has 0 aliphatic carbocycles. The molecule has 0 heterocycles. The molecule has 0 radical (unpaired) electrons.